The van der Waals surface area contributed by atoms with Gasteiger partial charge in [-0.3, -0.25) is 4.79 Å². The highest BCUT2D eigenvalue weighted by molar-refractivity contribution is 7.08. The van der Waals surface area contributed by atoms with Gasteiger partial charge in [0, 0.05) is 13.0 Å². The van der Waals surface area contributed by atoms with Gasteiger partial charge in [0.1, 0.15) is 4.88 Å². The van der Waals surface area contributed by atoms with Crippen LogP contribution in [0.1, 0.15) is 28.7 Å². The molecule has 1 aromatic rings. The van der Waals surface area contributed by atoms with Crippen molar-refractivity contribution in [2.45, 2.75) is 25.8 Å². The molecule has 0 aromatic carbocycles. The van der Waals surface area contributed by atoms with Gasteiger partial charge in [0.05, 0.1) is 18.3 Å². The van der Waals surface area contributed by atoms with Crippen molar-refractivity contribution in [3.8, 4) is 0 Å². The molecule has 7 heteroatoms. The number of ether oxygens (including phenoxy) is 1. The van der Waals surface area contributed by atoms with E-state index in [9.17, 15) is 4.79 Å². The molecular weight excluding hydrogens is 262 g/mol. The van der Waals surface area contributed by atoms with E-state index in [0.717, 1.165) is 30.1 Å². The second-order valence-corrected chi connectivity index (χ2v) is 4.64. The monoisotopic (exact) mass is 277 g/mol. The molecule has 1 N–H and O–H groups in total. The zero-order valence-corrected chi connectivity index (χ0v) is 11.5. The van der Waals surface area contributed by atoms with E-state index in [1.54, 1.807) is 7.11 Å². The van der Waals surface area contributed by atoms with Crippen molar-refractivity contribution < 1.29 is 9.53 Å². The number of nitrogens with one attached hydrogen (secondary N) is 1. The Morgan fingerprint density at radius 1 is 1.65 bits per heavy atom. The van der Waals surface area contributed by atoms with Crippen LogP contribution >= 0.6 is 23.1 Å². The van der Waals surface area contributed by atoms with Gasteiger partial charge in [-0.15, -0.1) is 16.7 Å². The predicted molar refractivity (Wildman–Crippen MR) is 67.8 cm³/mol. The van der Waals surface area contributed by atoms with E-state index in [-0.39, 0.29) is 11.9 Å². The minimum absolute atomic E-state index is 0.175. The maximum Gasteiger partial charge on any atom is 0.265 e. The lowest BCUT2D eigenvalue weighted by Gasteiger charge is -2.14. The SMILES string of the molecule is CCCc1nnsc1C(=O)NC(CCl)COC. The Kier molecular flexibility index (Phi) is 6.39. The lowest BCUT2D eigenvalue weighted by molar-refractivity contribution is 0.0910. The average molecular weight is 278 g/mol. The number of halogens is 1. The smallest absolute Gasteiger partial charge is 0.265 e. The Bertz CT molecular complexity index is 359. The Morgan fingerprint density at radius 3 is 3.00 bits per heavy atom. The number of aromatic nitrogens is 2. The van der Waals surface area contributed by atoms with Crippen LogP contribution in [0.15, 0.2) is 0 Å². The lowest BCUT2D eigenvalue weighted by Crippen LogP contribution is -2.39. The molecule has 17 heavy (non-hydrogen) atoms. The third-order valence-corrected chi connectivity index (χ3v) is 3.28. The maximum absolute atomic E-state index is 12.0. The number of nitrogens with zero attached hydrogens (tertiary/aromatic N) is 2. The number of aryl methyl sites for hydroxylation is 1. The normalized spacial score (nSPS) is 12.4. The molecule has 0 radical (unpaired) electrons. The molecule has 5 nitrogen and oxygen atoms in total. The molecule has 0 aliphatic carbocycles. The molecular formula is C10H16ClN3O2S. The number of carbonyl (C=O) groups is 1. The number of rotatable bonds is 7. The van der Waals surface area contributed by atoms with Gasteiger partial charge >= 0.3 is 0 Å². The van der Waals surface area contributed by atoms with Gasteiger partial charge in [-0.2, -0.15) is 0 Å². The minimum Gasteiger partial charge on any atom is -0.383 e. The van der Waals surface area contributed by atoms with Crippen molar-refractivity contribution in [1.29, 1.82) is 0 Å². The van der Waals surface area contributed by atoms with Crippen molar-refractivity contribution >= 4 is 29.0 Å². The largest absolute Gasteiger partial charge is 0.383 e. The van der Waals surface area contributed by atoms with Gasteiger partial charge in [0.2, 0.25) is 0 Å². The number of methoxy groups -OCH3 is 1. The molecule has 0 spiro atoms. The Labute approximate surface area is 110 Å². The summed E-state index contributed by atoms with van der Waals surface area (Å²) in [6.45, 7) is 2.43. The first-order chi connectivity index (χ1) is 8.22. The van der Waals surface area contributed by atoms with Crippen LogP contribution in [0.3, 0.4) is 0 Å². The second kappa shape index (κ2) is 7.58. The standard InChI is InChI=1S/C10H16ClN3O2S/c1-3-4-8-9(17-14-13-8)10(15)12-7(5-11)6-16-2/h7H,3-6H2,1-2H3,(H,12,15). The molecule has 1 heterocycles. The summed E-state index contributed by atoms with van der Waals surface area (Å²) in [5.74, 6) is 0.140. The van der Waals surface area contributed by atoms with E-state index in [4.69, 9.17) is 16.3 Å². The first-order valence-electron chi connectivity index (χ1n) is 5.39. The first-order valence-corrected chi connectivity index (χ1v) is 6.70. The number of hydrogen-bond acceptors (Lipinski definition) is 5. The highest BCUT2D eigenvalue weighted by Crippen LogP contribution is 2.12. The number of hydrogen-bond donors (Lipinski definition) is 1. The zero-order chi connectivity index (χ0) is 12.7. The van der Waals surface area contributed by atoms with Crippen LogP contribution < -0.4 is 5.32 Å². The van der Waals surface area contributed by atoms with Gasteiger partial charge < -0.3 is 10.1 Å². The van der Waals surface area contributed by atoms with Crippen molar-refractivity contribution in [3.63, 3.8) is 0 Å². The van der Waals surface area contributed by atoms with Gasteiger partial charge in [0.25, 0.3) is 5.91 Å². The fourth-order valence-electron chi connectivity index (χ4n) is 1.36. The molecule has 1 aromatic heterocycles. The van der Waals surface area contributed by atoms with E-state index >= 15 is 0 Å². The molecule has 0 fully saturated rings. The molecule has 0 aliphatic heterocycles. The minimum atomic E-state index is -0.189. The summed E-state index contributed by atoms with van der Waals surface area (Å²) in [5.41, 5.74) is 0.751. The molecule has 1 unspecified atom stereocenters. The Morgan fingerprint density at radius 2 is 2.41 bits per heavy atom. The zero-order valence-electron chi connectivity index (χ0n) is 9.90. The third kappa shape index (κ3) is 4.22. The van der Waals surface area contributed by atoms with E-state index in [1.807, 2.05) is 6.92 Å². The second-order valence-electron chi connectivity index (χ2n) is 3.58. The van der Waals surface area contributed by atoms with E-state index < -0.39 is 0 Å². The summed E-state index contributed by atoms with van der Waals surface area (Å²) in [6, 6.07) is -0.189. The van der Waals surface area contributed by atoms with Gasteiger partial charge in [-0.25, -0.2) is 0 Å². The van der Waals surface area contributed by atoms with Crippen LogP contribution in [0.5, 0.6) is 0 Å². The van der Waals surface area contributed by atoms with Crippen LogP contribution in [-0.2, 0) is 11.2 Å². The number of alkyl halides is 1. The fourth-order valence-corrected chi connectivity index (χ4v) is 2.14. The number of amides is 1. The molecule has 0 aliphatic rings. The van der Waals surface area contributed by atoms with Gasteiger partial charge in [-0.1, -0.05) is 17.8 Å². The van der Waals surface area contributed by atoms with Crippen molar-refractivity contribution in [2.75, 3.05) is 19.6 Å². The molecule has 1 rings (SSSR count). The first kappa shape index (κ1) is 14.3. The molecule has 1 amide bonds. The van der Waals surface area contributed by atoms with Crippen LogP contribution in [0.2, 0.25) is 0 Å². The highest BCUT2D eigenvalue weighted by Gasteiger charge is 2.18. The van der Waals surface area contributed by atoms with E-state index in [0.29, 0.717) is 17.4 Å². The van der Waals surface area contributed by atoms with Gasteiger partial charge in [-0.05, 0) is 18.0 Å². The Hall–Kier alpha value is -0.720. The summed E-state index contributed by atoms with van der Waals surface area (Å²) in [6.07, 6.45) is 1.69. The average Bonchev–Trinajstić information content (AvgIpc) is 2.77. The maximum atomic E-state index is 12.0. The van der Waals surface area contributed by atoms with Crippen molar-refractivity contribution in [2.24, 2.45) is 0 Å². The molecule has 96 valence electrons. The Balaban J connectivity index is 2.64. The lowest BCUT2D eigenvalue weighted by atomic mass is 10.2. The summed E-state index contributed by atoms with van der Waals surface area (Å²) in [4.78, 5) is 12.5. The van der Waals surface area contributed by atoms with Crippen LogP contribution in [-0.4, -0.2) is 41.1 Å². The molecule has 1 atom stereocenters. The predicted octanol–water partition coefficient (Wildman–Crippen LogP) is 1.47. The quantitative estimate of drug-likeness (QED) is 0.767. The van der Waals surface area contributed by atoms with Crippen LogP contribution in [0.25, 0.3) is 0 Å². The van der Waals surface area contributed by atoms with Crippen molar-refractivity contribution in [3.05, 3.63) is 10.6 Å². The number of carbonyl (C=O) groups excluding carboxylic acids is 1. The van der Waals surface area contributed by atoms with Crippen LogP contribution in [0.4, 0.5) is 0 Å². The summed E-state index contributed by atoms with van der Waals surface area (Å²) in [5, 5.41) is 6.75. The molecule has 0 bridgehead atoms. The fraction of sp³-hybridized carbons (Fsp3) is 0.700. The van der Waals surface area contributed by atoms with E-state index in [1.165, 1.54) is 0 Å². The van der Waals surface area contributed by atoms with Crippen molar-refractivity contribution in [1.82, 2.24) is 14.9 Å². The molecule has 0 saturated carbocycles. The van der Waals surface area contributed by atoms with Crippen LogP contribution in [0, 0.1) is 0 Å². The topological polar surface area (TPSA) is 64.1 Å². The summed E-state index contributed by atoms with van der Waals surface area (Å²) < 4.78 is 8.77. The third-order valence-electron chi connectivity index (χ3n) is 2.14. The molecule has 0 saturated heterocycles. The highest BCUT2D eigenvalue weighted by atomic mass is 35.5. The van der Waals surface area contributed by atoms with Gasteiger partial charge in [0.15, 0.2) is 0 Å². The summed E-state index contributed by atoms with van der Waals surface area (Å²) in [7, 11) is 1.57. The van der Waals surface area contributed by atoms with E-state index in [2.05, 4.69) is 14.9 Å². The summed E-state index contributed by atoms with van der Waals surface area (Å²) >= 11 is 6.84.